The molecule has 0 saturated carbocycles. The average molecular weight is 330 g/mol. The van der Waals surface area contributed by atoms with Gasteiger partial charge in [-0.05, 0) is 47.9 Å². The van der Waals surface area contributed by atoms with E-state index in [4.69, 9.17) is 10.00 Å². The molecule has 0 heterocycles. The fourth-order valence-electron chi connectivity index (χ4n) is 1.92. The lowest BCUT2D eigenvalue weighted by Crippen LogP contribution is -1.96. The largest absolute Gasteiger partial charge is 0.494 e. The van der Waals surface area contributed by atoms with Crippen LogP contribution in [0.3, 0.4) is 0 Å². The molecule has 0 N–H and O–H groups in total. The monoisotopic (exact) mass is 329 g/mol. The zero-order valence-corrected chi connectivity index (χ0v) is 13.0. The molecule has 2 aromatic rings. The van der Waals surface area contributed by atoms with Crippen molar-refractivity contribution < 1.29 is 4.74 Å². The minimum atomic E-state index is 0.645. The average Bonchev–Trinajstić information content (AvgIpc) is 2.47. The lowest BCUT2D eigenvalue weighted by Gasteiger charge is -2.08. The molecule has 2 aromatic carbocycles. The van der Waals surface area contributed by atoms with Crippen molar-refractivity contribution in [2.24, 2.45) is 0 Å². The molecule has 0 spiro atoms. The molecule has 0 aromatic heterocycles. The second kappa shape index (κ2) is 7.12. The second-order valence-electron chi connectivity index (χ2n) is 4.57. The maximum Gasteiger partial charge on any atom is 0.119 e. The minimum absolute atomic E-state index is 0.645. The lowest BCUT2D eigenvalue weighted by atomic mass is 10.0. The van der Waals surface area contributed by atoms with E-state index in [9.17, 15) is 0 Å². The number of unbranched alkanes of at least 4 members (excludes halogenated alkanes) is 1. The van der Waals surface area contributed by atoms with E-state index in [1.54, 1.807) is 0 Å². The number of nitrogens with zero attached hydrogens (tertiary/aromatic N) is 1. The topological polar surface area (TPSA) is 33.0 Å². The van der Waals surface area contributed by atoms with E-state index < -0.39 is 0 Å². The summed E-state index contributed by atoms with van der Waals surface area (Å²) in [6.07, 6.45) is 2.18. The van der Waals surface area contributed by atoms with Gasteiger partial charge in [0.2, 0.25) is 0 Å². The Hall–Kier alpha value is -1.79. The van der Waals surface area contributed by atoms with E-state index in [-0.39, 0.29) is 0 Å². The molecule has 2 rings (SSSR count). The highest BCUT2D eigenvalue weighted by atomic mass is 79.9. The molecule has 0 fully saturated rings. The van der Waals surface area contributed by atoms with Gasteiger partial charge in [-0.25, -0.2) is 0 Å². The van der Waals surface area contributed by atoms with Crippen LogP contribution < -0.4 is 4.74 Å². The first-order valence-corrected chi connectivity index (χ1v) is 7.46. The zero-order chi connectivity index (χ0) is 14.4. The number of halogens is 1. The third-order valence-corrected chi connectivity index (χ3v) is 3.42. The Morgan fingerprint density at radius 2 is 2.00 bits per heavy atom. The molecule has 0 amide bonds. The van der Waals surface area contributed by atoms with Gasteiger partial charge in [-0.15, -0.1) is 0 Å². The minimum Gasteiger partial charge on any atom is -0.494 e. The molecule has 0 aliphatic heterocycles. The highest BCUT2D eigenvalue weighted by Crippen LogP contribution is 2.27. The van der Waals surface area contributed by atoms with Crippen LogP contribution in [-0.2, 0) is 0 Å². The summed E-state index contributed by atoms with van der Waals surface area (Å²) in [6.45, 7) is 2.88. The number of nitriles is 1. The molecule has 2 nitrogen and oxygen atoms in total. The van der Waals surface area contributed by atoms with Gasteiger partial charge >= 0.3 is 0 Å². The summed E-state index contributed by atoms with van der Waals surface area (Å²) in [4.78, 5) is 0. The highest BCUT2D eigenvalue weighted by Gasteiger charge is 2.03. The third-order valence-electron chi connectivity index (χ3n) is 2.96. The number of hydrogen-bond donors (Lipinski definition) is 0. The molecule has 3 heteroatoms. The molecule has 20 heavy (non-hydrogen) atoms. The number of benzene rings is 2. The Kier molecular flexibility index (Phi) is 5.20. The number of rotatable bonds is 5. The highest BCUT2D eigenvalue weighted by molar-refractivity contribution is 9.10. The SMILES string of the molecule is CCCCOc1cccc(-c2cc(Br)cc(C#N)c2)c1. The first-order valence-electron chi connectivity index (χ1n) is 6.67. The third kappa shape index (κ3) is 3.85. The van der Waals surface area contributed by atoms with E-state index >= 15 is 0 Å². The molecule has 0 aliphatic rings. The molecule has 0 bridgehead atoms. The van der Waals surface area contributed by atoms with Gasteiger partial charge in [0.15, 0.2) is 0 Å². The Balaban J connectivity index is 2.26. The van der Waals surface area contributed by atoms with Crippen molar-refractivity contribution in [2.75, 3.05) is 6.61 Å². The van der Waals surface area contributed by atoms with Crippen LogP contribution in [0.2, 0.25) is 0 Å². The van der Waals surface area contributed by atoms with E-state index in [1.807, 2.05) is 42.5 Å². The van der Waals surface area contributed by atoms with Crippen molar-refractivity contribution in [1.29, 1.82) is 5.26 Å². The summed E-state index contributed by atoms with van der Waals surface area (Å²) >= 11 is 3.44. The van der Waals surface area contributed by atoms with Crippen LogP contribution >= 0.6 is 15.9 Å². The summed E-state index contributed by atoms with van der Waals surface area (Å²) in [5.74, 6) is 0.870. The smallest absolute Gasteiger partial charge is 0.119 e. The quantitative estimate of drug-likeness (QED) is 0.709. The first kappa shape index (κ1) is 14.6. The van der Waals surface area contributed by atoms with Gasteiger partial charge in [-0.2, -0.15) is 5.26 Å². The Bertz CT molecular complexity index is 631. The molecular weight excluding hydrogens is 314 g/mol. The van der Waals surface area contributed by atoms with Crippen molar-refractivity contribution in [1.82, 2.24) is 0 Å². The molecule has 0 atom stereocenters. The van der Waals surface area contributed by atoms with E-state index in [1.165, 1.54) is 0 Å². The maximum absolute atomic E-state index is 9.04. The van der Waals surface area contributed by atoms with Crippen molar-refractivity contribution in [3.63, 3.8) is 0 Å². The van der Waals surface area contributed by atoms with Gasteiger partial charge < -0.3 is 4.74 Å². The summed E-state index contributed by atoms with van der Waals surface area (Å²) < 4.78 is 6.62. The molecular formula is C17H16BrNO. The predicted molar refractivity (Wildman–Crippen MR) is 84.7 cm³/mol. The predicted octanol–water partition coefficient (Wildman–Crippen LogP) is 5.17. The fourth-order valence-corrected chi connectivity index (χ4v) is 2.41. The van der Waals surface area contributed by atoms with Gasteiger partial charge in [0.25, 0.3) is 0 Å². The van der Waals surface area contributed by atoms with Crippen LogP contribution in [0.1, 0.15) is 25.3 Å². The van der Waals surface area contributed by atoms with Gasteiger partial charge in [0, 0.05) is 4.47 Å². The Labute approximate surface area is 128 Å². The molecule has 0 saturated heterocycles. The molecule has 0 radical (unpaired) electrons. The van der Waals surface area contributed by atoms with Crippen LogP contribution in [-0.4, -0.2) is 6.61 Å². The van der Waals surface area contributed by atoms with Crippen LogP contribution in [0.15, 0.2) is 46.9 Å². The number of ether oxygens (including phenoxy) is 1. The molecule has 0 unspecified atom stereocenters. The van der Waals surface area contributed by atoms with E-state index in [0.29, 0.717) is 5.56 Å². The van der Waals surface area contributed by atoms with Crippen LogP contribution in [0.25, 0.3) is 11.1 Å². The van der Waals surface area contributed by atoms with Gasteiger partial charge in [0.1, 0.15) is 5.75 Å². The molecule has 0 aliphatic carbocycles. The summed E-state index contributed by atoms with van der Waals surface area (Å²) in [5, 5.41) is 9.04. The van der Waals surface area contributed by atoms with Crippen molar-refractivity contribution in [2.45, 2.75) is 19.8 Å². The number of hydrogen-bond acceptors (Lipinski definition) is 2. The fraction of sp³-hybridized carbons (Fsp3) is 0.235. The Morgan fingerprint density at radius 1 is 1.15 bits per heavy atom. The Morgan fingerprint density at radius 3 is 2.75 bits per heavy atom. The summed E-state index contributed by atoms with van der Waals surface area (Å²) in [5.41, 5.74) is 2.71. The molecule has 102 valence electrons. The van der Waals surface area contributed by atoms with Gasteiger partial charge in [0.05, 0.1) is 18.2 Å². The van der Waals surface area contributed by atoms with Crippen molar-refractivity contribution in [3.05, 3.63) is 52.5 Å². The van der Waals surface area contributed by atoms with Crippen molar-refractivity contribution in [3.8, 4) is 22.9 Å². The first-order chi connectivity index (χ1) is 9.72. The van der Waals surface area contributed by atoms with E-state index in [0.717, 1.165) is 40.8 Å². The van der Waals surface area contributed by atoms with Gasteiger partial charge in [-0.3, -0.25) is 0 Å². The van der Waals surface area contributed by atoms with Crippen LogP contribution in [0.5, 0.6) is 5.75 Å². The summed E-state index contributed by atoms with van der Waals surface area (Å²) in [7, 11) is 0. The van der Waals surface area contributed by atoms with Gasteiger partial charge in [-0.1, -0.05) is 41.4 Å². The normalized spacial score (nSPS) is 10.1. The maximum atomic E-state index is 9.04. The lowest BCUT2D eigenvalue weighted by molar-refractivity contribution is 0.309. The standard InChI is InChI=1S/C17H16BrNO/c1-2-3-7-20-17-6-4-5-14(11-17)15-8-13(12-19)9-16(18)10-15/h4-6,8-11H,2-3,7H2,1H3. The van der Waals surface area contributed by atoms with Crippen LogP contribution in [0.4, 0.5) is 0 Å². The van der Waals surface area contributed by atoms with E-state index in [2.05, 4.69) is 28.9 Å². The summed E-state index contributed by atoms with van der Waals surface area (Å²) in [6, 6.07) is 15.8. The second-order valence-corrected chi connectivity index (χ2v) is 5.49. The van der Waals surface area contributed by atoms with Crippen molar-refractivity contribution >= 4 is 15.9 Å². The van der Waals surface area contributed by atoms with Crippen LogP contribution in [0, 0.1) is 11.3 Å². The zero-order valence-electron chi connectivity index (χ0n) is 11.4.